The molecule has 3 N–H and O–H groups in total. The number of nitrogens with one attached hydrogen (secondary N) is 1. The number of rotatable bonds is 8. The minimum absolute atomic E-state index is 0.0345. The number of ether oxygens (including phenoxy) is 1. The molecule has 0 saturated heterocycles. The smallest absolute Gasteiger partial charge is 0.257 e. The molecule has 5 heteroatoms. The minimum atomic E-state index is -0.0992. The Hall–Kier alpha value is -1.62. The molecule has 20 heavy (non-hydrogen) atoms. The summed E-state index contributed by atoms with van der Waals surface area (Å²) in [5.74, 6) is 1.14. The van der Waals surface area contributed by atoms with E-state index in [2.05, 4.69) is 19.2 Å². The molecule has 0 aromatic heterocycles. The standard InChI is InChI=1S/C15H22N2O2S/c1-11(2)7-8-17-15(18)10-19-13-5-3-12(4-6-13)9-14(16)20/h3-6,11H,7-10H2,1-2H3,(H2,16,20)(H,17,18). The number of hydrogen-bond acceptors (Lipinski definition) is 3. The summed E-state index contributed by atoms with van der Waals surface area (Å²) in [7, 11) is 0. The van der Waals surface area contributed by atoms with Crippen molar-refractivity contribution in [3.05, 3.63) is 29.8 Å². The van der Waals surface area contributed by atoms with E-state index >= 15 is 0 Å². The lowest BCUT2D eigenvalue weighted by molar-refractivity contribution is -0.123. The fraction of sp³-hybridized carbons (Fsp3) is 0.467. The summed E-state index contributed by atoms with van der Waals surface area (Å²) in [5.41, 5.74) is 6.51. The molecular weight excluding hydrogens is 272 g/mol. The molecule has 1 rings (SSSR count). The highest BCUT2D eigenvalue weighted by Crippen LogP contribution is 2.12. The second-order valence-corrected chi connectivity index (χ2v) is 5.63. The largest absolute Gasteiger partial charge is 0.484 e. The van der Waals surface area contributed by atoms with Crippen molar-refractivity contribution in [3.63, 3.8) is 0 Å². The lowest BCUT2D eigenvalue weighted by Crippen LogP contribution is -2.30. The highest BCUT2D eigenvalue weighted by atomic mass is 32.1. The van der Waals surface area contributed by atoms with Gasteiger partial charge in [0.1, 0.15) is 5.75 Å². The Morgan fingerprint density at radius 3 is 2.55 bits per heavy atom. The average Bonchev–Trinajstić information content (AvgIpc) is 2.37. The van der Waals surface area contributed by atoms with Crippen molar-refractivity contribution in [3.8, 4) is 5.75 Å². The zero-order valence-corrected chi connectivity index (χ0v) is 12.8. The number of thiocarbonyl (C=S) groups is 1. The first kappa shape index (κ1) is 16.4. The third kappa shape index (κ3) is 7.09. The van der Waals surface area contributed by atoms with E-state index in [1.54, 1.807) is 0 Å². The molecule has 0 bridgehead atoms. The van der Waals surface area contributed by atoms with E-state index in [0.717, 1.165) is 12.0 Å². The zero-order chi connectivity index (χ0) is 15.0. The predicted molar refractivity (Wildman–Crippen MR) is 84.9 cm³/mol. The number of amides is 1. The molecule has 0 aliphatic heterocycles. The van der Waals surface area contributed by atoms with Crippen LogP contribution in [0.1, 0.15) is 25.8 Å². The van der Waals surface area contributed by atoms with Crippen LogP contribution in [0.3, 0.4) is 0 Å². The Bertz CT molecular complexity index is 444. The summed E-state index contributed by atoms with van der Waals surface area (Å²) in [6, 6.07) is 7.42. The minimum Gasteiger partial charge on any atom is -0.484 e. The molecule has 0 aliphatic carbocycles. The van der Waals surface area contributed by atoms with E-state index in [-0.39, 0.29) is 12.5 Å². The van der Waals surface area contributed by atoms with Gasteiger partial charge in [-0.3, -0.25) is 4.79 Å². The van der Waals surface area contributed by atoms with Crippen LogP contribution in [0, 0.1) is 5.92 Å². The second-order valence-electron chi connectivity index (χ2n) is 5.11. The number of benzene rings is 1. The number of carbonyl (C=O) groups excluding carboxylic acids is 1. The van der Waals surface area contributed by atoms with Crippen molar-refractivity contribution in [1.82, 2.24) is 5.32 Å². The Morgan fingerprint density at radius 1 is 1.35 bits per heavy atom. The van der Waals surface area contributed by atoms with Gasteiger partial charge in [0, 0.05) is 13.0 Å². The van der Waals surface area contributed by atoms with E-state index in [9.17, 15) is 4.79 Å². The molecule has 0 aliphatic rings. The van der Waals surface area contributed by atoms with Crippen LogP contribution in [0.5, 0.6) is 5.75 Å². The van der Waals surface area contributed by atoms with Gasteiger partial charge in [-0.2, -0.15) is 0 Å². The Labute approximate surface area is 125 Å². The van der Waals surface area contributed by atoms with Crippen LogP contribution < -0.4 is 15.8 Å². The molecule has 1 aromatic carbocycles. The van der Waals surface area contributed by atoms with Crippen LogP contribution in [-0.4, -0.2) is 24.0 Å². The number of hydrogen-bond donors (Lipinski definition) is 2. The lowest BCUT2D eigenvalue weighted by atomic mass is 10.1. The zero-order valence-electron chi connectivity index (χ0n) is 12.0. The second kappa shape index (κ2) is 8.53. The molecule has 0 radical (unpaired) electrons. The van der Waals surface area contributed by atoms with Crippen molar-refractivity contribution < 1.29 is 9.53 Å². The van der Waals surface area contributed by atoms with Gasteiger partial charge in [0.05, 0.1) is 4.99 Å². The molecule has 0 heterocycles. The SMILES string of the molecule is CC(C)CCNC(=O)COc1ccc(CC(N)=S)cc1. The van der Waals surface area contributed by atoms with Crippen LogP contribution in [0.15, 0.2) is 24.3 Å². The Kier molecular flexibility index (Phi) is 7.01. The van der Waals surface area contributed by atoms with Crippen LogP contribution >= 0.6 is 12.2 Å². The van der Waals surface area contributed by atoms with Gasteiger partial charge in [-0.25, -0.2) is 0 Å². The summed E-state index contributed by atoms with van der Waals surface area (Å²) in [6.45, 7) is 4.97. The van der Waals surface area contributed by atoms with Crippen molar-refractivity contribution in [1.29, 1.82) is 0 Å². The fourth-order valence-corrected chi connectivity index (χ4v) is 1.77. The summed E-state index contributed by atoms with van der Waals surface area (Å²) >= 11 is 4.85. The first-order valence-corrected chi connectivity index (χ1v) is 7.15. The van der Waals surface area contributed by atoms with Gasteiger partial charge in [0.2, 0.25) is 0 Å². The molecule has 0 atom stereocenters. The van der Waals surface area contributed by atoms with E-state index in [1.165, 1.54) is 0 Å². The quantitative estimate of drug-likeness (QED) is 0.720. The van der Waals surface area contributed by atoms with E-state index < -0.39 is 0 Å². The maximum absolute atomic E-state index is 11.5. The summed E-state index contributed by atoms with van der Waals surface area (Å²) in [4.78, 5) is 12.0. The summed E-state index contributed by atoms with van der Waals surface area (Å²) in [6.07, 6.45) is 1.55. The topological polar surface area (TPSA) is 64.3 Å². The third-order valence-electron chi connectivity index (χ3n) is 2.72. The highest BCUT2D eigenvalue weighted by Gasteiger charge is 2.03. The lowest BCUT2D eigenvalue weighted by Gasteiger charge is -2.09. The Balaban J connectivity index is 2.30. The van der Waals surface area contributed by atoms with Crippen molar-refractivity contribution in [2.24, 2.45) is 11.7 Å². The molecule has 1 amide bonds. The monoisotopic (exact) mass is 294 g/mol. The third-order valence-corrected chi connectivity index (χ3v) is 2.86. The predicted octanol–water partition coefficient (Wildman–Crippen LogP) is 2.06. The van der Waals surface area contributed by atoms with E-state index in [1.807, 2.05) is 24.3 Å². The average molecular weight is 294 g/mol. The van der Waals surface area contributed by atoms with Crippen LogP contribution in [-0.2, 0) is 11.2 Å². The first-order valence-electron chi connectivity index (χ1n) is 6.74. The van der Waals surface area contributed by atoms with Crippen LogP contribution in [0.4, 0.5) is 0 Å². The molecule has 0 unspecified atom stereocenters. The van der Waals surface area contributed by atoms with Gasteiger partial charge in [0.25, 0.3) is 5.91 Å². The van der Waals surface area contributed by atoms with Gasteiger partial charge >= 0.3 is 0 Å². The molecule has 0 fully saturated rings. The summed E-state index contributed by atoms with van der Waals surface area (Å²) in [5, 5.41) is 2.82. The molecule has 4 nitrogen and oxygen atoms in total. The first-order chi connectivity index (χ1) is 9.47. The maximum Gasteiger partial charge on any atom is 0.257 e. The van der Waals surface area contributed by atoms with E-state index in [4.69, 9.17) is 22.7 Å². The van der Waals surface area contributed by atoms with Gasteiger partial charge in [-0.05, 0) is 30.0 Å². The van der Waals surface area contributed by atoms with Crippen molar-refractivity contribution in [2.75, 3.05) is 13.2 Å². The normalized spacial score (nSPS) is 10.3. The van der Waals surface area contributed by atoms with Gasteiger partial charge < -0.3 is 15.8 Å². The maximum atomic E-state index is 11.5. The molecular formula is C15H22N2O2S. The van der Waals surface area contributed by atoms with Gasteiger partial charge in [-0.1, -0.05) is 38.2 Å². The molecule has 0 saturated carbocycles. The van der Waals surface area contributed by atoms with Crippen molar-refractivity contribution >= 4 is 23.1 Å². The molecule has 0 spiro atoms. The van der Waals surface area contributed by atoms with Gasteiger partial charge in [-0.15, -0.1) is 0 Å². The Morgan fingerprint density at radius 2 is 2.00 bits per heavy atom. The van der Waals surface area contributed by atoms with Crippen LogP contribution in [0.25, 0.3) is 0 Å². The number of carbonyl (C=O) groups is 1. The number of nitrogens with two attached hydrogens (primary N) is 1. The van der Waals surface area contributed by atoms with Gasteiger partial charge in [0.15, 0.2) is 6.61 Å². The van der Waals surface area contributed by atoms with Crippen LogP contribution in [0.2, 0.25) is 0 Å². The highest BCUT2D eigenvalue weighted by molar-refractivity contribution is 7.80. The summed E-state index contributed by atoms with van der Waals surface area (Å²) < 4.78 is 5.41. The molecule has 1 aromatic rings. The van der Waals surface area contributed by atoms with Crippen molar-refractivity contribution in [2.45, 2.75) is 26.7 Å². The molecule has 110 valence electrons. The fourth-order valence-electron chi connectivity index (χ4n) is 1.60. The van der Waals surface area contributed by atoms with E-state index in [0.29, 0.717) is 29.6 Å².